The summed E-state index contributed by atoms with van der Waals surface area (Å²) in [4.78, 5) is 6.49. The predicted octanol–water partition coefficient (Wildman–Crippen LogP) is 0.743. The molecular weight excluding hydrogens is 238 g/mol. The van der Waals surface area contributed by atoms with Crippen molar-refractivity contribution in [3.8, 4) is 0 Å². The van der Waals surface area contributed by atoms with Crippen LogP contribution < -0.4 is 10.2 Å². The highest BCUT2D eigenvalue weighted by atomic mass is 32.2. The molecule has 1 fully saturated rings. The predicted molar refractivity (Wildman–Crippen MR) is 68.6 cm³/mol. The monoisotopic (exact) mass is 257 g/mol. The molecule has 0 unspecified atom stereocenters. The Bertz CT molecular complexity index is 371. The molecule has 1 aliphatic rings. The summed E-state index contributed by atoms with van der Waals surface area (Å²) in [6.07, 6.45) is 2.81. The van der Waals surface area contributed by atoms with Crippen molar-refractivity contribution in [3.05, 3.63) is 12.0 Å². The fraction of sp³-hybridized carbons (Fsp3) is 0.727. The summed E-state index contributed by atoms with van der Waals surface area (Å²) in [5.41, 5.74) is 0.931. The first-order chi connectivity index (χ1) is 8.29. The molecule has 0 amide bonds. The van der Waals surface area contributed by atoms with Crippen molar-refractivity contribution in [2.45, 2.75) is 19.9 Å². The van der Waals surface area contributed by atoms with Crippen LogP contribution in [0.3, 0.4) is 0 Å². The molecule has 5 nitrogen and oxygen atoms in total. The minimum atomic E-state index is -0.657. The summed E-state index contributed by atoms with van der Waals surface area (Å²) >= 11 is 0. The zero-order valence-electron chi connectivity index (χ0n) is 10.1. The second-order valence-electron chi connectivity index (χ2n) is 4.13. The smallest absolute Gasteiger partial charge is 0.297 e. The summed E-state index contributed by atoms with van der Waals surface area (Å²) in [5.74, 6) is 1.43. The Balaban J connectivity index is 1.87. The van der Waals surface area contributed by atoms with Crippen molar-refractivity contribution in [1.82, 2.24) is 10.3 Å². The molecule has 17 heavy (non-hydrogen) atoms. The fourth-order valence-corrected chi connectivity index (χ4v) is 2.80. The molecule has 0 radical (unpaired) electrons. The van der Waals surface area contributed by atoms with Crippen LogP contribution in [0.15, 0.2) is 10.7 Å². The lowest BCUT2D eigenvalue weighted by Crippen LogP contribution is -2.37. The quantitative estimate of drug-likeness (QED) is 0.789. The third-order valence-electron chi connectivity index (χ3n) is 2.72. The number of hydrogen-bond acceptors (Lipinski definition) is 5. The molecule has 2 rings (SSSR count). The van der Waals surface area contributed by atoms with E-state index in [-0.39, 0.29) is 0 Å². The van der Waals surface area contributed by atoms with Gasteiger partial charge in [0, 0.05) is 41.9 Å². The van der Waals surface area contributed by atoms with E-state index in [0.29, 0.717) is 17.5 Å². The van der Waals surface area contributed by atoms with Crippen molar-refractivity contribution < 1.29 is 8.63 Å². The van der Waals surface area contributed by atoms with Crippen LogP contribution in [0, 0.1) is 0 Å². The molecule has 1 aromatic rings. The van der Waals surface area contributed by atoms with Gasteiger partial charge in [0.2, 0.25) is 0 Å². The van der Waals surface area contributed by atoms with Crippen molar-refractivity contribution >= 4 is 16.8 Å². The first-order valence-corrected chi connectivity index (χ1v) is 7.53. The first-order valence-electron chi connectivity index (χ1n) is 6.04. The number of oxazole rings is 1. The van der Waals surface area contributed by atoms with Gasteiger partial charge >= 0.3 is 0 Å². The van der Waals surface area contributed by atoms with Gasteiger partial charge in [-0.25, -0.2) is 0 Å². The summed E-state index contributed by atoms with van der Waals surface area (Å²) in [7, 11) is -0.657. The second kappa shape index (κ2) is 6.16. The Morgan fingerprint density at radius 2 is 2.29 bits per heavy atom. The topological polar surface area (TPSA) is 58.4 Å². The van der Waals surface area contributed by atoms with Crippen LogP contribution in [0.5, 0.6) is 0 Å². The van der Waals surface area contributed by atoms with Crippen LogP contribution in [0.2, 0.25) is 0 Å². The molecule has 0 bridgehead atoms. The van der Waals surface area contributed by atoms with Gasteiger partial charge in [-0.2, -0.15) is 4.98 Å². The van der Waals surface area contributed by atoms with Crippen molar-refractivity contribution in [2.75, 3.05) is 36.0 Å². The minimum Gasteiger partial charge on any atom is -0.432 e. The van der Waals surface area contributed by atoms with Crippen molar-refractivity contribution in [3.63, 3.8) is 0 Å². The molecule has 2 heterocycles. The van der Waals surface area contributed by atoms with Gasteiger partial charge in [-0.1, -0.05) is 6.92 Å². The van der Waals surface area contributed by atoms with Gasteiger partial charge in [-0.15, -0.1) is 0 Å². The average molecular weight is 257 g/mol. The average Bonchev–Trinajstić information content (AvgIpc) is 2.79. The maximum atomic E-state index is 11.2. The van der Waals surface area contributed by atoms with E-state index in [1.54, 1.807) is 6.26 Å². The Kier molecular flexibility index (Phi) is 4.56. The van der Waals surface area contributed by atoms with E-state index in [9.17, 15) is 4.21 Å². The van der Waals surface area contributed by atoms with E-state index < -0.39 is 10.8 Å². The molecule has 0 aliphatic carbocycles. The molecule has 0 atom stereocenters. The van der Waals surface area contributed by atoms with Gasteiger partial charge < -0.3 is 14.6 Å². The van der Waals surface area contributed by atoms with E-state index in [4.69, 9.17) is 4.42 Å². The third-order valence-corrected chi connectivity index (χ3v) is 4.00. The SMILES string of the molecule is CCCNCc1coc(N2CCS(=O)CC2)n1. The number of hydrogen-bond donors (Lipinski definition) is 1. The number of rotatable bonds is 5. The number of aromatic nitrogens is 1. The zero-order chi connectivity index (χ0) is 12.1. The third kappa shape index (κ3) is 3.54. The van der Waals surface area contributed by atoms with Crippen molar-refractivity contribution in [1.29, 1.82) is 0 Å². The van der Waals surface area contributed by atoms with Gasteiger partial charge in [0.05, 0.1) is 5.69 Å². The maximum Gasteiger partial charge on any atom is 0.297 e. The van der Waals surface area contributed by atoms with Crippen LogP contribution >= 0.6 is 0 Å². The van der Waals surface area contributed by atoms with E-state index >= 15 is 0 Å². The molecule has 0 saturated carbocycles. The van der Waals surface area contributed by atoms with Gasteiger partial charge in [0.1, 0.15) is 6.26 Å². The number of anilines is 1. The Hall–Kier alpha value is -0.880. The molecule has 1 aromatic heterocycles. The normalized spacial score (nSPS) is 17.6. The second-order valence-corrected chi connectivity index (χ2v) is 5.83. The van der Waals surface area contributed by atoms with Crippen LogP contribution in [0.25, 0.3) is 0 Å². The molecule has 96 valence electrons. The number of nitrogens with one attached hydrogen (secondary N) is 1. The van der Waals surface area contributed by atoms with Crippen LogP contribution in [-0.4, -0.2) is 40.3 Å². The van der Waals surface area contributed by atoms with Crippen molar-refractivity contribution in [2.24, 2.45) is 0 Å². The lowest BCUT2D eigenvalue weighted by Gasteiger charge is -2.24. The van der Waals surface area contributed by atoms with Gasteiger partial charge in [-0.3, -0.25) is 4.21 Å². The Labute approximate surface area is 104 Å². The molecule has 1 aliphatic heterocycles. The standard InChI is InChI=1S/C11H19N3O2S/c1-2-3-12-8-10-9-16-11(13-10)14-4-6-17(15)7-5-14/h9,12H,2-8H2,1H3. The van der Waals surface area contributed by atoms with E-state index in [1.165, 1.54) is 0 Å². The summed E-state index contributed by atoms with van der Waals surface area (Å²) in [6.45, 7) is 5.42. The fourth-order valence-electron chi connectivity index (χ4n) is 1.75. The minimum absolute atomic E-state index is 0.657. The highest BCUT2D eigenvalue weighted by molar-refractivity contribution is 7.85. The molecule has 1 saturated heterocycles. The van der Waals surface area contributed by atoms with Gasteiger partial charge in [0.25, 0.3) is 6.01 Å². The summed E-state index contributed by atoms with van der Waals surface area (Å²) < 4.78 is 16.7. The van der Waals surface area contributed by atoms with E-state index in [1.807, 2.05) is 0 Å². The molecule has 0 aromatic carbocycles. The first kappa shape index (κ1) is 12.6. The van der Waals surface area contributed by atoms with Crippen LogP contribution in [0.1, 0.15) is 19.0 Å². The van der Waals surface area contributed by atoms with E-state index in [0.717, 1.165) is 38.3 Å². The Morgan fingerprint density at radius 3 is 3.00 bits per heavy atom. The van der Waals surface area contributed by atoms with Gasteiger partial charge in [0.15, 0.2) is 0 Å². The van der Waals surface area contributed by atoms with E-state index in [2.05, 4.69) is 22.1 Å². The Morgan fingerprint density at radius 1 is 1.53 bits per heavy atom. The highest BCUT2D eigenvalue weighted by Gasteiger charge is 2.19. The molecule has 6 heteroatoms. The zero-order valence-corrected chi connectivity index (χ0v) is 11.0. The summed E-state index contributed by atoms with van der Waals surface area (Å²) in [5, 5.41) is 3.29. The summed E-state index contributed by atoms with van der Waals surface area (Å²) in [6, 6.07) is 0.662. The number of nitrogens with zero attached hydrogens (tertiary/aromatic N) is 2. The lowest BCUT2D eigenvalue weighted by molar-refractivity contribution is 0.535. The van der Waals surface area contributed by atoms with Gasteiger partial charge in [-0.05, 0) is 13.0 Å². The molecule has 1 N–H and O–H groups in total. The molecule has 0 spiro atoms. The van der Waals surface area contributed by atoms with Crippen LogP contribution in [0.4, 0.5) is 6.01 Å². The largest absolute Gasteiger partial charge is 0.432 e. The lowest BCUT2D eigenvalue weighted by atomic mass is 10.4. The highest BCUT2D eigenvalue weighted by Crippen LogP contribution is 2.15. The molecular formula is C11H19N3O2S. The van der Waals surface area contributed by atoms with Crippen LogP contribution in [-0.2, 0) is 17.3 Å². The maximum absolute atomic E-state index is 11.2.